The SMILES string of the molecule is O=P(c1ccc2c(-c3ccccc3)c3cc(-c4ccc5ccc6cccnc6c5n4)ccc3c(-c3ccccc3)c2c1)(c1ccccn1)c1ccccn1. The quantitative estimate of drug-likeness (QED) is 0.0976. The standard InChI is InChI=1S/C48H31N4OP/c53-54(43-17-7-9-27-49-43,44-18-8-10-28-50-44)37-23-25-39-41(31-37)46(33-14-5-2-6-15-33)38-24-21-36(30-40(38)45(39)32-12-3-1-4-13-32)42-26-22-35-20-19-34-16-11-29-51-47(34)48(35)52-42/h1-31H. The van der Waals surface area contributed by atoms with Gasteiger partial charge >= 0.3 is 0 Å². The van der Waals surface area contributed by atoms with Gasteiger partial charge < -0.3 is 4.57 Å². The molecular weight excluding hydrogens is 680 g/mol. The lowest BCUT2D eigenvalue weighted by Crippen LogP contribution is -2.28. The molecule has 0 radical (unpaired) electrons. The molecule has 6 heteroatoms. The summed E-state index contributed by atoms with van der Waals surface area (Å²) in [6, 6.07) is 57.5. The van der Waals surface area contributed by atoms with Crippen molar-refractivity contribution in [3.8, 4) is 33.5 Å². The number of benzene rings is 6. The molecular formula is C48H31N4OP. The number of pyridine rings is 4. The third kappa shape index (κ3) is 5.21. The van der Waals surface area contributed by atoms with Gasteiger partial charge in [-0.2, -0.15) is 0 Å². The Morgan fingerprint density at radius 1 is 0.389 bits per heavy atom. The first-order valence-corrected chi connectivity index (χ1v) is 19.6. The first kappa shape index (κ1) is 31.9. The predicted molar refractivity (Wildman–Crippen MR) is 223 cm³/mol. The van der Waals surface area contributed by atoms with Crippen molar-refractivity contribution in [3.63, 3.8) is 0 Å². The third-order valence-electron chi connectivity index (χ3n) is 10.3. The summed E-state index contributed by atoms with van der Waals surface area (Å²) in [6.45, 7) is 0. The van der Waals surface area contributed by atoms with Crippen molar-refractivity contribution < 1.29 is 4.57 Å². The topological polar surface area (TPSA) is 68.6 Å². The van der Waals surface area contributed by atoms with Crippen molar-refractivity contribution >= 4 is 66.7 Å². The molecule has 6 aromatic carbocycles. The minimum Gasteiger partial charge on any atom is -0.305 e. The van der Waals surface area contributed by atoms with Crippen LogP contribution in [0.3, 0.4) is 0 Å². The van der Waals surface area contributed by atoms with Crippen LogP contribution in [0.4, 0.5) is 0 Å². The van der Waals surface area contributed by atoms with E-state index < -0.39 is 7.14 Å². The van der Waals surface area contributed by atoms with E-state index in [1.165, 1.54) is 0 Å². The summed E-state index contributed by atoms with van der Waals surface area (Å²) in [4.78, 5) is 19.2. The maximum atomic E-state index is 15.6. The molecule has 0 aliphatic carbocycles. The molecule has 0 unspecified atom stereocenters. The number of aromatic nitrogens is 4. The van der Waals surface area contributed by atoms with E-state index in [9.17, 15) is 0 Å². The molecule has 0 bridgehead atoms. The van der Waals surface area contributed by atoms with Gasteiger partial charge in [0.05, 0.1) is 16.7 Å². The van der Waals surface area contributed by atoms with E-state index in [0.717, 1.165) is 76.9 Å². The summed E-state index contributed by atoms with van der Waals surface area (Å²) in [5.74, 6) is 0. The molecule has 0 N–H and O–H groups in total. The van der Waals surface area contributed by atoms with Crippen LogP contribution in [-0.2, 0) is 4.57 Å². The fraction of sp³-hybridized carbons (Fsp3) is 0. The minimum atomic E-state index is -3.46. The van der Waals surface area contributed by atoms with E-state index in [1.807, 2.05) is 66.9 Å². The molecule has 0 aliphatic rings. The van der Waals surface area contributed by atoms with Crippen molar-refractivity contribution in [2.24, 2.45) is 0 Å². The monoisotopic (exact) mass is 710 g/mol. The van der Waals surface area contributed by atoms with Crippen LogP contribution in [0.15, 0.2) is 188 Å². The molecule has 0 amide bonds. The highest BCUT2D eigenvalue weighted by atomic mass is 31.2. The average molecular weight is 711 g/mol. The van der Waals surface area contributed by atoms with Crippen LogP contribution >= 0.6 is 7.14 Å². The molecule has 0 aliphatic heterocycles. The Labute approximate surface area is 312 Å². The molecule has 0 fully saturated rings. The Bertz CT molecular complexity index is 3020. The summed E-state index contributed by atoms with van der Waals surface area (Å²) in [5.41, 5.74) is 9.02. The van der Waals surface area contributed by atoms with Gasteiger partial charge in [0.15, 0.2) is 0 Å². The van der Waals surface area contributed by atoms with E-state index in [4.69, 9.17) is 9.97 Å². The van der Waals surface area contributed by atoms with Gasteiger partial charge in [0.1, 0.15) is 10.9 Å². The van der Waals surface area contributed by atoms with Crippen LogP contribution in [0.2, 0.25) is 0 Å². The van der Waals surface area contributed by atoms with Crippen molar-refractivity contribution in [2.45, 2.75) is 0 Å². The predicted octanol–water partition coefficient (Wildman–Crippen LogP) is 10.5. The molecule has 4 aromatic heterocycles. The van der Waals surface area contributed by atoms with Crippen LogP contribution in [0.5, 0.6) is 0 Å². The van der Waals surface area contributed by atoms with Gasteiger partial charge in [-0.3, -0.25) is 15.0 Å². The van der Waals surface area contributed by atoms with Crippen LogP contribution < -0.4 is 16.2 Å². The number of rotatable bonds is 6. The Hall–Kier alpha value is -6.81. The van der Waals surface area contributed by atoms with Crippen LogP contribution in [-0.4, -0.2) is 19.9 Å². The second kappa shape index (κ2) is 13.0. The number of nitrogens with zero attached hydrogens (tertiary/aromatic N) is 4. The molecule has 0 spiro atoms. The molecule has 4 heterocycles. The van der Waals surface area contributed by atoms with Crippen LogP contribution in [0, 0.1) is 0 Å². The van der Waals surface area contributed by atoms with E-state index >= 15 is 4.57 Å². The molecule has 254 valence electrons. The Morgan fingerprint density at radius 2 is 0.944 bits per heavy atom. The van der Waals surface area contributed by atoms with Crippen molar-refractivity contribution in [1.82, 2.24) is 19.9 Å². The van der Waals surface area contributed by atoms with E-state index in [2.05, 4.69) is 119 Å². The Balaban J connectivity index is 1.29. The average Bonchev–Trinajstić information content (AvgIpc) is 3.25. The summed E-state index contributed by atoms with van der Waals surface area (Å²) in [6.07, 6.45) is 5.22. The number of hydrogen-bond acceptors (Lipinski definition) is 5. The first-order chi connectivity index (χ1) is 26.7. The van der Waals surface area contributed by atoms with Gasteiger partial charge in [-0.1, -0.05) is 121 Å². The smallest absolute Gasteiger partial charge is 0.205 e. The zero-order valence-corrected chi connectivity index (χ0v) is 29.9. The second-order valence-electron chi connectivity index (χ2n) is 13.4. The van der Waals surface area contributed by atoms with Crippen molar-refractivity contribution in [1.29, 1.82) is 0 Å². The maximum Gasteiger partial charge on any atom is 0.205 e. The Morgan fingerprint density at radius 3 is 1.57 bits per heavy atom. The fourth-order valence-corrected chi connectivity index (χ4v) is 10.2. The van der Waals surface area contributed by atoms with Gasteiger partial charge in [0.25, 0.3) is 0 Å². The van der Waals surface area contributed by atoms with E-state index in [1.54, 1.807) is 12.4 Å². The third-order valence-corrected chi connectivity index (χ3v) is 13.1. The number of fused-ring (bicyclic) bond motifs is 5. The maximum absolute atomic E-state index is 15.6. The molecule has 54 heavy (non-hydrogen) atoms. The van der Waals surface area contributed by atoms with Gasteiger partial charge in [-0.25, -0.2) is 4.98 Å². The minimum absolute atomic E-state index is 0.504. The fourth-order valence-electron chi connectivity index (χ4n) is 7.75. The lowest BCUT2D eigenvalue weighted by atomic mass is 9.85. The lowest BCUT2D eigenvalue weighted by molar-refractivity contribution is 0.591. The van der Waals surface area contributed by atoms with E-state index in [-0.39, 0.29) is 0 Å². The summed E-state index contributed by atoms with van der Waals surface area (Å²) < 4.78 is 15.6. The van der Waals surface area contributed by atoms with Gasteiger partial charge in [0.2, 0.25) is 7.14 Å². The first-order valence-electron chi connectivity index (χ1n) is 17.9. The van der Waals surface area contributed by atoms with Gasteiger partial charge in [0, 0.05) is 40.2 Å². The lowest BCUT2D eigenvalue weighted by Gasteiger charge is -2.22. The van der Waals surface area contributed by atoms with Gasteiger partial charge in [-0.05, 0) is 92.3 Å². The molecule has 0 saturated heterocycles. The largest absolute Gasteiger partial charge is 0.305 e. The molecule has 10 rings (SSSR count). The zero-order valence-electron chi connectivity index (χ0n) is 29.0. The van der Waals surface area contributed by atoms with Crippen molar-refractivity contribution in [3.05, 3.63) is 188 Å². The second-order valence-corrected chi connectivity index (χ2v) is 16.0. The molecule has 10 aromatic rings. The highest BCUT2D eigenvalue weighted by Crippen LogP contribution is 2.47. The summed E-state index contributed by atoms with van der Waals surface area (Å²) in [5, 5.41) is 7.06. The summed E-state index contributed by atoms with van der Waals surface area (Å²) >= 11 is 0. The highest BCUT2D eigenvalue weighted by Gasteiger charge is 2.33. The molecule has 0 atom stereocenters. The number of hydrogen-bond donors (Lipinski definition) is 0. The highest BCUT2D eigenvalue weighted by molar-refractivity contribution is 7.85. The Kier molecular flexibility index (Phi) is 7.68. The normalized spacial score (nSPS) is 11.8. The van der Waals surface area contributed by atoms with E-state index in [0.29, 0.717) is 16.2 Å². The van der Waals surface area contributed by atoms with Crippen LogP contribution in [0.25, 0.3) is 76.9 Å². The van der Waals surface area contributed by atoms with Crippen LogP contribution in [0.1, 0.15) is 0 Å². The summed E-state index contributed by atoms with van der Waals surface area (Å²) in [7, 11) is -3.46. The van der Waals surface area contributed by atoms with Crippen molar-refractivity contribution in [2.75, 3.05) is 0 Å². The zero-order chi connectivity index (χ0) is 36.1. The molecule has 0 saturated carbocycles. The molecule has 5 nitrogen and oxygen atoms in total. The van der Waals surface area contributed by atoms with Gasteiger partial charge in [-0.15, -0.1) is 0 Å².